The van der Waals surface area contributed by atoms with E-state index in [9.17, 15) is 10.1 Å². The second-order valence-corrected chi connectivity index (χ2v) is 5.96. The minimum Gasteiger partial charge on any atom is -0.373 e. The van der Waals surface area contributed by atoms with Crippen LogP contribution >= 0.6 is 11.3 Å². The molecule has 0 spiro atoms. The van der Waals surface area contributed by atoms with Crippen molar-refractivity contribution in [3.8, 4) is 0 Å². The van der Waals surface area contributed by atoms with Crippen LogP contribution in [-0.4, -0.2) is 17.0 Å². The summed E-state index contributed by atoms with van der Waals surface area (Å²) >= 11 is 1.66. The number of nitrogens with one attached hydrogen (secondary N) is 2. The molecule has 2 N–H and O–H groups in total. The van der Waals surface area contributed by atoms with Gasteiger partial charge in [0.25, 0.3) is 5.69 Å². The molecule has 6 nitrogen and oxygen atoms in total. The Bertz CT molecular complexity index is 613. The van der Waals surface area contributed by atoms with Crippen LogP contribution in [0.3, 0.4) is 0 Å². The molecule has 0 fully saturated rings. The zero-order valence-corrected chi connectivity index (χ0v) is 13.0. The molecule has 0 aliphatic heterocycles. The fourth-order valence-corrected chi connectivity index (χ4v) is 2.97. The van der Waals surface area contributed by atoms with Crippen LogP contribution in [0.15, 0.2) is 29.6 Å². The first-order chi connectivity index (χ1) is 10.0. The molecule has 0 radical (unpaired) electrons. The Morgan fingerprint density at radius 1 is 1.33 bits per heavy atom. The molecule has 0 aromatic carbocycles. The molecule has 21 heavy (non-hydrogen) atoms. The maximum Gasteiger partial charge on any atom is 0.276 e. The van der Waals surface area contributed by atoms with Gasteiger partial charge in [-0.05, 0) is 17.4 Å². The van der Waals surface area contributed by atoms with Crippen LogP contribution in [0.2, 0.25) is 0 Å². The lowest BCUT2D eigenvalue weighted by atomic mass is 10.0. The lowest BCUT2D eigenvalue weighted by molar-refractivity contribution is -0.384. The SMILES string of the molecule is CNc1cc([N+](=O)[O-])cc(NC(c2cccs2)C(C)C)n1. The minimum absolute atomic E-state index is 0.0190. The fourth-order valence-electron chi connectivity index (χ4n) is 2.02. The van der Waals surface area contributed by atoms with Crippen LogP contribution in [0.25, 0.3) is 0 Å². The average Bonchev–Trinajstić information content (AvgIpc) is 2.97. The van der Waals surface area contributed by atoms with E-state index in [1.807, 2.05) is 11.4 Å². The Kier molecular flexibility index (Phi) is 4.74. The van der Waals surface area contributed by atoms with E-state index >= 15 is 0 Å². The third kappa shape index (κ3) is 3.69. The van der Waals surface area contributed by atoms with Gasteiger partial charge < -0.3 is 10.6 Å². The molecule has 2 rings (SSSR count). The smallest absolute Gasteiger partial charge is 0.276 e. The van der Waals surface area contributed by atoms with E-state index < -0.39 is 4.92 Å². The predicted molar refractivity (Wildman–Crippen MR) is 86.0 cm³/mol. The maximum atomic E-state index is 11.0. The number of aromatic nitrogens is 1. The van der Waals surface area contributed by atoms with E-state index in [0.29, 0.717) is 17.6 Å². The summed E-state index contributed by atoms with van der Waals surface area (Å²) in [7, 11) is 1.69. The zero-order chi connectivity index (χ0) is 15.4. The van der Waals surface area contributed by atoms with Gasteiger partial charge in [-0.15, -0.1) is 11.3 Å². The number of rotatable bonds is 6. The number of hydrogen-bond donors (Lipinski definition) is 2. The van der Waals surface area contributed by atoms with Crippen LogP contribution in [-0.2, 0) is 0 Å². The van der Waals surface area contributed by atoms with Gasteiger partial charge in [-0.1, -0.05) is 19.9 Å². The van der Waals surface area contributed by atoms with Crippen molar-refractivity contribution in [1.82, 2.24) is 4.98 Å². The highest BCUT2D eigenvalue weighted by molar-refractivity contribution is 7.10. The first-order valence-electron chi connectivity index (χ1n) is 6.65. The molecule has 2 aromatic rings. The van der Waals surface area contributed by atoms with Crippen LogP contribution in [0, 0.1) is 16.0 Å². The van der Waals surface area contributed by atoms with Crippen molar-refractivity contribution in [3.05, 3.63) is 44.6 Å². The molecule has 7 heteroatoms. The standard InChI is InChI=1S/C14H18N4O2S/c1-9(2)14(11-5-4-6-21-11)17-13-8-10(18(19)20)7-12(15-3)16-13/h4-9,14H,1-3H3,(H2,15,16,17). The highest BCUT2D eigenvalue weighted by Gasteiger charge is 2.19. The summed E-state index contributed by atoms with van der Waals surface area (Å²) < 4.78 is 0. The Morgan fingerprint density at radius 3 is 2.57 bits per heavy atom. The highest BCUT2D eigenvalue weighted by atomic mass is 32.1. The Morgan fingerprint density at radius 2 is 2.05 bits per heavy atom. The van der Waals surface area contributed by atoms with Gasteiger partial charge in [-0.25, -0.2) is 4.98 Å². The van der Waals surface area contributed by atoms with E-state index in [1.54, 1.807) is 18.4 Å². The average molecular weight is 306 g/mol. The summed E-state index contributed by atoms with van der Waals surface area (Å²) in [6, 6.07) is 7.00. The van der Waals surface area contributed by atoms with Crippen molar-refractivity contribution < 1.29 is 4.92 Å². The molecule has 1 unspecified atom stereocenters. The number of thiophene rings is 1. The Labute approximate surface area is 127 Å². The van der Waals surface area contributed by atoms with E-state index in [1.165, 1.54) is 17.0 Å². The summed E-state index contributed by atoms with van der Waals surface area (Å²) in [5.41, 5.74) is 0.0190. The molecule has 112 valence electrons. The number of anilines is 2. The topological polar surface area (TPSA) is 80.1 Å². The number of pyridine rings is 1. The predicted octanol–water partition coefficient (Wildman–Crippen LogP) is 3.90. The monoisotopic (exact) mass is 306 g/mol. The third-order valence-corrected chi connectivity index (χ3v) is 4.05. The molecule has 0 aliphatic rings. The molecule has 0 amide bonds. The third-order valence-electron chi connectivity index (χ3n) is 3.10. The fraction of sp³-hybridized carbons (Fsp3) is 0.357. The summed E-state index contributed by atoms with van der Waals surface area (Å²) in [5, 5.41) is 19.2. The van der Waals surface area contributed by atoms with Crippen molar-refractivity contribution in [3.63, 3.8) is 0 Å². The molecule has 1 atom stereocenters. The summed E-state index contributed by atoms with van der Waals surface area (Å²) in [6.07, 6.45) is 0. The Hall–Kier alpha value is -2.15. The van der Waals surface area contributed by atoms with Crippen LogP contribution in [0.5, 0.6) is 0 Å². The van der Waals surface area contributed by atoms with Gasteiger partial charge in [0.2, 0.25) is 0 Å². The van der Waals surface area contributed by atoms with Gasteiger partial charge in [0.05, 0.1) is 23.1 Å². The first kappa shape index (κ1) is 15.2. The number of nitrogens with zero attached hydrogens (tertiary/aromatic N) is 2. The van der Waals surface area contributed by atoms with Gasteiger partial charge in [-0.3, -0.25) is 10.1 Å². The van der Waals surface area contributed by atoms with Crippen LogP contribution in [0.4, 0.5) is 17.3 Å². The number of nitro groups is 1. The molecular weight excluding hydrogens is 288 g/mol. The van der Waals surface area contributed by atoms with Gasteiger partial charge in [-0.2, -0.15) is 0 Å². The van der Waals surface area contributed by atoms with Crippen molar-refractivity contribution in [2.45, 2.75) is 19.9 Å². The summed E-state index contributed by atoms with van der Waals surface area (Å²) in [4.78, 5) is 16.1. The second-order valence-electron chi connectivity index (χ2n) is 4.98. The molecule has 2 aromatic heterocycles. The Balaban J connectivity index is 2.32. The molecular formula is C14H18N4O2S. The summed E-state index contributed by atoms with van der Waals surface area (Å²) in [6.45, 7) is 4.21. The van der Waals surface area contributed by atoms with E-state index in [4.69, 9.17) is 0 Å². The molecule has 0 saturated carbocycles. The summed E-state index contributed by atoms with van der Waals surface area (Å²) in [5.74, 6) is 1.31. The highest BCUT2D eigenvalue weighted by Crippen LogP contribution is 2.30. The lowest BCUT2D eigenvalue weighted by Crippen LogP contribution is -2.16. The molecule has 0 saturated heterocycles. The van der Waals surface area contributed by atoms with Gasteiger partial charge in [0, 0.05) is 11.9 Å². The maximum absolute atomic E-state index is 11.0. The van der Waals surface area contributed by atoms with Gasteiger partial charge in [0.15, 0.2) is 0 Å². The van der Waals surface area contributed by atoms with E-state index in [0.717, 1.165) is 0 Å². The molecule has 0 aliphatic carbocycles. The van der Waals surface area contributed by atoms with Gasteiger partial charge in [0.1, 0.15) is 11.6 Å². The van der Waals surface area contributed by atoms with Crippen molar-refractivity contribution in [2.24, 2.45) is 5.92 Å². The lowest BCUT2D eigenvalue weighted by Gasteiger charge is -2.22. The number of hydrogen-bond acceptors (Lipinski definition) is 6. The first-order valence-corrected chi connectivity index (χ1v) is 7.53. The van der Waals surface area contributed by atoms with Crippen molar-refractivity contribution in [1.29, 1.82) is 0 Å². The van der Waals surface area contributed by atoms with E-state index in [-0.39, 0.29) is 11.7 Å². The quantitative estimate of drug-likeness (QED) is 0.625. The second kappa shape index (κ2) is 6.53. The van der Waals surface area contributed by atoms with Gasteiger partial charge >= 0.3 is 0 Å². The van der Waals surface area contributed by atoms with Crippen molar-refractivity contribution >= 4 is 28.7 Å². The van der Waals surface area contributed by atoms with Crippen LogP contribution < -0.4 is 10.6 Å². The normalized spacial score (nSPS) is 12.2. The zero-order valence-electron chi connectivity index (χ0n) is 12.2. The minimum atomic E-state index is -0.413. The van der Waals surface area contributed by atoms with Crippen LogP contribution in [0.1, 0.15) is 24.8 Å². The largest absolute Gasteiger partial charge is 0.373 e. The molecule has 2 heterocycles. The molecule has 0 bridgehead atoms. The van der Waals surface area contributed by atoms with Crippen molar-refractivity contribution in [2.75, 3.05) is 17.7 Å². The van der Waals surface area contributed by atoms with E-state index in [2.05, 4.69) is 35.5 Å².